The summed E-state index contributed by atoms with van der Waals surface area (Å²) in [6.07, 6.45) is 2.43. The molecule has 182 valence electrons. The first kappa shape index (κ1) is 24.6. The van der Waals surface area contributed by atoms with Crippen molar-refractivity contribution in [3.05, 3.63) is 51.7 Å². The number of carbonyl (C=O) groups excluding carboxylic acids is 3. The van der Waals surface area contributed by atoms with Crippen LogP contribution in [-0.2, 0) is 14.8 Å². The van der Waals surface area contributed by atoms with Crippen LogP contribution in [0.4, 0.5) is 0 Å². The van der Waals surface area contributed by atoms with Gasteiger partial charge >= 0.3 is 0 Å². The van der Waals surface area contributed by atoms with E-state index in [0.29, 0.717) is 35.9 Å². The van der Waals surface area contributed by atoms with Crippen LogP contribution in [-0.4, -0.2) is 68.5 Å². The van der Waals surface area contributed by atoms with Gasteiger partial charge in [-0.2, -0.15) is 0 Å². The van der Waals surface area contributed by atoms with Crippen LogP contribution in [0.1, 0.15) is 51.1 Å². The number of hydrogen-bond donors (Lipinski definition) is 1. The molecular formula is C24H29N3O5S2. The molecule has 2 fully saturated rings. The summed E-state index contributed by atoms with van der Waals surface area (Å²) in [4.78, 5) is 41.9. The standard InChI is InChI=1S/C24H29N3O5S2/c1-17-3-5-19(6-4-17)34(31,32)25-15-22(29)27-14-11-24(16-27)9-12-26(13-10-24)23(30)21-8-7-20(33-21)18(2)28/h3-8,25H,9-16H2,1-2H3. The lowest BCUT2D eigenvalue weighted by Gasteiger charge is -2.39. The molecule has 1 aromatic carbocycles. The number of Topliss-reactive ketones (excluding diaryl/α,β-unsaturated/α-hetero) is 1. The van der Waals surface area contributed by atoms with E-state index in [1.165, 1.54) is 30.4 Å². The molecule has 0 saturated carbocycles. The molecule has 0 aliphatic carbocycles. The predicted octanol–water partition coefficient (Wildman–Crippen LogP) is 2.69. The number of hydrogen-bond acceptors (Lipinski definition) is 6. The number of amides is 2. The van der Waals surface area contributed by atoms with Crippen molar-refractivity contribution < 1.29 is 22.8 Å². The fourth-order valence-electron chi connectivity index (χ4n) is 4.61. The molecule has 2 aromatic rings. The summed E-state index contributed by atoms with van der Waals surface area (Å²) in [7, 11) is -3.74. The number of likely N-dealkylation sites (tertiary alicyclic amines) is 2. The molecule has 1 N–H and O–H groups in total. The molecule has 10 heteroatoms. The lowest BCUT2D eigenvalue weighted by atomic mass is 9.78. The first-order valence-electron chi connectivity index (χ1n) is 11.3. The third-order valence-electron chi connectivity index (χ3n) is 6.81. The fourth-order valence-corrected chi connectivity index (χ4v) is 6.45. The largest absolute Gasteiger partial charge is 0.341 e. The average molecular weight is 504 g/mol. The molecule has 34 heavy (non-hydrogen) atoms. The zero-order valence-corrected chi connectivity index (χ0v) is 21.0. The van der Waals surface area contributed by atoms with Gasteiger partial charge in [-0.1, -0.05) is 17.7 Å². The van der Waals surface area contributed by atoms with Crippen molar-refractivity contribution in [2.24, 2.45) is 5.41 Å². The Bertz CT molecular complexity index is 1200. The number of nitrogens with one attached hydrogen (secondary N) is 1. The van der Waals surface area contributed by atoms with Crippen LogP contribution in [0, 0.1) is 12.3 Å². The quantitative estimate of drug-likeness (QED) is 0.611. The SMILES string of the molecule is CC(=O)c1ccc(C(=O)N2CCC3(CCN(C(=O)CNS(=O)(=O)c4ccc(C)cc4)C3)CC2)s1. The molecule has 0 atom stereocenters. The smallest absolute Gasteiger partial charge is 0.263 e. The van der Waals surface area contributed by atoms with Crippen LogP contribution >= 0.6 is 11.3 Å². The van der Waals surface area contributed by atoms with E-state index in [-0.39, 0.29) is 34.5 Å². The first-order valence-corrected chi connectivity index (χ1v) is 13.6. The molecule has 2 aliphatic rings. The Morgan fingerprint density at radius 1 is 0.941 bits per heavy atom. The van der Waals surface area contributed by atoms with Gasteiger partial charge in [-0.25, -0.2) is 13.1 Å². The summed E-state index contributed by atoms with van der Waals surface area (Å²) >= 11 is 1.23. The Kier molecular flexibility index (Phi) is 6.93. The van der Waals surface area contributed by atoms with Gasteiger partial charge in [0.1, 0.15) is 0 Å². The molecular weight excluding hydrogens is 474 g/mol. The van der Waals surface area contributed by atoms with Crippen molar-refractivity contribution >= 4 is 39.0 Å². The number of thiophene rings is 1. The highest BCUT2D eigenvalue weighted by atomic mass is 32.2. The monoisotopic (exact) mass is 503 g/mol. The van der Waals surface area contributed by atoms with Crippen LogP contribution < -0.4 is 4.72 Å². The van der Waals surface area contributed by atoms with Crippen LogP contribution in [0.15, 0.2) is 41.3 Å². The van der Waals surface area contributed by atoms with Crippen molar-refractivity contribution in [2.75, 3.05) is 32.7 Å². The summed E-state index contributed by atoms with van der Waals surface area (Å²) in [5, 5.41) is 0. The summed E-state index contributed by atoms with van der Waals surface area (Å²) in [6, 6.07) is 9.90. The van der Waals surface area contributed by atoms with Gasteiger partial charge < -0.3 is 9.80 Å². The highest BCUT2D eigenvalue weighted by molar-refractivity contribution is 7.89. The van der Waals surface area contributed by atoms with E-state index >= 15 is 0 Å². The highest BCUT2D eigenvalue weighted by Crippen LogP contribution is 2.40. The van der Waals surface area contributed by atoms with Crippen LogP contribution in [0.5, 0.6) is 0 Å². The number of nitrogens with zero attached hydrogens (tertiary/aromatic N) is 2. The second-order valence-corrected chi connectivity index (χ2v) is 12.1. The molecule has 2 saturated heterocycles. The average Bonchev–Trinajstić information content (AvgIpc) is 3.46. The van der Waals surface area contributed by atoms with E-state index in [9.17, 15) is 22.8 Å². The van der Waals surface area contributed by atoms with E-state index in [1.807, 2.05) is 11.8 Å². The number of sulfonamides is 1. The maximum atomic E-state index is 12.8. The summed E-state index contributed by atoms with van der Waals surface area (Å²) in [5.41, 5.74) is 0.920. The van der Waals surface area contributed by atoms with Gasteiger partial charge in [0.25, 0.3) is 5.91 Å². The number of ketones is 1. The Morgan fingerprint density at radius 3 is 2.12 bits per heavy atom. The molecule has 0 radical (unpaired) electrons. The summed E-state index contributed by atoms with van der Waals surface area (Å²) in [6.45, 7) is 5.48. The fraction of sp³-hybridized carbons (Fsp3) is 0.458. The van der Waals surface area contributed by atoms with E-state index in [4.69, 9.17) is 0 Å². The number of carbonyl (C=O) groups is 3. The maximum absolute atomic E-state index is 12.8. The third kappa shape index (κ3) is 5.24. The van der Waals surface area contributed by atoms with Crippen molar-refractivity contribution in [1.82, 2.24) is 14.5 Å². The van der Waals surface area contributed by atoms with Crippen molar-refractivity contribution in [1.29, 1.82) is 0 Å². The second-order valence-electron chi connectivity index (χ2n) is 9.22. The van der Waals surface area contributed by atoms with Gasteiger partial charge in [0, 0.05) is 26.2 Å². The van der Waals surface area contributed by atoms with E-state index in [2.05, 4.69) is 4.72 Å². The molecule has 4 rings (SSSR count). The Hall–Kier alpha value is -2.56. The zero-order valence-electron chi connectivity index (χ0n) is 19.4. The maximum Gasteiger partial charge on any atom is 0.263 e. The van der Waals surface area contributed by atoms with Gasteiger partial charge in [-0.3, -0.25) is 14.4 Å². The lowest BCUT2D eigenvalue weighted by molar-refractivity contribution is -0.129. The van der Waals surface area contributed by atoms with Crippen LogP contribution in [0.3, 0.4) is 0 Å². The van der Waals surface area contributed by atoms with E-state index in [0.717, 1.165) is 24.8 Å². The minimum atomic E-state index is -3.74. The van der Waals surface area contributed by atoms with Gasteiger partial charge in [-0.05, 0) is 62.8 Å². The summed E-state index contributed by atoms with van der Waals surface area (Å²) < 4.78 is 27.4. The highest BCUT2D eigenvalue weighted by Gasteiger charge is 2.43. The molecule has 2 amide bonds. The Balaban J connectivity index is 1.29. The van der Waals surface area contributed by atoms with Crippen molar-refractivity contribution in [2.45, 2.75) is 38.0 Å². The number of benzene rings is 1. The first-order chi connectivity index (χ1) is 16.1. The predicted molar refractivity (Wildman–Crippen MR) is 129 cm³/mol. The zero-order chi connectivity index (χ0) is 24.5. The molecule has 2 aliphatic heterocycles. The topological polar surface area (TPSA) is 104 Å². The Labute approximate surface area is 204 Å². The molecule has 0 unspecified atom stereocenters. The van der Waals surface area contributed by atoms with E-state index < -0.39 is 10.0 Å². The minimum Gasteiger partial charge on any atom is -0.341 e. The Morgan fingerprint density at radius 2 is 1.53 bits per heavy atom. The molecule has 1 spiro atoms. The number of aryl methyl sites for hydroxylation is 1. The number of rotatable bonds is 6. The van der Waals surface area contributed by atoms with Gasteiger partial charge in [0.15, 0.2) is 5.78 Å². The van der Waals surface area contributed by atoms with Crippen molar-refractivity contribution in [3.8, 4) is 0 Å². The lowest BCUT2D eigenvalue weighted by Crippen LogP contribution is -2.45. The molecule has 0 bridgehead atoms. The minimum absolute atomic E-state index is 0.0394. The second kappa shape index (κ2) is 9.59. The molecule has 8 nitrogen and oxygen atoms in total. The van der Waals surface area contributed by atoms with Gasteiger partial charge in [-0.15, -0.1) is 11.3 Å². The number of piperidine rings is 1. The van der Waals surface area contributed by atoms with Crippen LogP contribution in [0.25, 0.3) is 0 Å². The summed E-state index contributed by atoms with van der Waals surface area (Å²) in [5.74, 6) is -0.330. The third-order valence-corrected chi connectivity index (χ3v) is 9.40. The van der Waals surface area contributed by atoms with Crippen LogP contribution in [0.2, 0.25) is 0 Å². The normalized spacial score (nSPS) is 17.8. The molecule has 3 heterocycles. The molecule has 1 aromatic heterocycles. The van der Waals surface area contributed by atoms with E-state index in [1.54, 1.807) is 29.2 Å². The van der Waals surface area contributed by atoms with Gasteiger partial charge in [0.2, 0.25) is 15.9 Å². The van der Waals surface area contributed by atoms with Gasteiger partial charge in [0.05, 0.1) is 21.2 Å². The van der Waals surface area contributed by atoms with Crippen molar-refractivity contribution in [3.63, 3.8) is 0 Å².